The summed E-state index contributed by atoms with van der Waals surface area (Å²) in [7, 11) is 0. The molecule has 0 saturated carbocycles. The minimum absolute atomic E-state index is 0.159. The van der Waals surface area contributed by atoms with Crippen molar-refractivity contribution >= 4 is 11.6 Å². The van der Waals surface area contributed by atoms with E-state index in [1.165, 1.54) is 39.0 Å². The second kappa shape index (κ2) is 15.7. The molecule has 0 N–H and O–H groups in total. The van der Waals surface area contributed by atoms with Crippen molar-refractivity contribution in [2.45, 2.75) is 95.9 Å². The highest BCUT2D eigenvalue weighted by molar-refractivity contribution is 5.69. The number of allylic oxidation sites excluding steroid dienone is 2. The van der Waals surface area contributed by atoms with Gasteiger partial charge in [-0.1, -0.05) is 160 Å². The van der Waals surface area contributed by atoms with Crippen molar-refractivity contribution in [2.75, 3.05) is 0 Å². The lowest BCUT2D eigenvalue weighted by Gasteiger charge is -2.23. The van der Waals surface area contributed by atoms with Gasteiger partial charge in [-0.2, -0.15) is 0 Å². The maximum Gasteiger partial charge on any atom is -0.00553 e. The molecule has 0 heterocycles. The van der Waals surface area contributed by atoms with E-state index in [2.05, 4.69) is 169 Å². The summed E-state index contributed by atoms with van der Waals surface area (Å²) >= 11 is 0. The van der Waals surface area contributed by atoms with Gasteiger partial charge in [-0.05, 0) is 82.4 Å². The van der Waals surface area contributed by atoms with Gasteiger partial charge in [-0.3, -0.25) is 0 Å². The molecular formula is C39H56. The molecule has 0 aliphatic heterocycles. The lowest BCUT2D eigenvalue weighted by Crippen LogP contribution is -2.08. The van der Waals surface area contributed by atoms with E-state index in [-0.39, 0.29) is 5.41 Å². The number of hydrogen-bond donors (Lipinski definition) is 0. The third-order valence-electron chi connectivity index (χ3n) is 6.55. The first-order valence-corrected chi connectivity index (χ1v) is 14.6. The summed E-state index contributed by atoms with van der Waals surface area (Å²) in [5, 5.41) is 0. The van der Waals surface area contributed by atoms with Crippen LogP contribution in [0.25, 0.3) is 11.6 Å². The van der Waals surface area contributed by atoms with E-state index in [1.54, 1.807) is 5.57 Å². The van der Waals surface area contributed by atoms with Gasteiger partial charge >= 0.3 is 0 Å². The third kappa shape index (κ3) is 13.2. The smallest absolute Gasteiger partial charge is 0.00553 e. The van der Waals surface area contributed by atoms with Crippen LogP contribution in [-0.4, -0.2) is 0 Å². The highest BCUT2D eigenvalue weighted by Gasteiger charge is 2.17. The summed E-state index contributed by atoms with van der Waals surface area (Å²) in [6.07, 6.45) is 4.64. The van der Waals surface area contributed by atoms with Crippen LogP contribution in [-0.2, 0) is 12.8 Å². The molecular weight excluding hydrogens is 468 g/mol. The van der Waals surface area contributed by atoms with E-state index in [4.69, 9.17) is 0 Å². The number of benzene rings is 3. The molecule has 0 aromatic heterocycles. The summed E-state index contributed by atoms with van der Waals surface area (Å²) < 4.78 is 0. The van der Waals surface area contributed by atoms with Gasteiger partial charge in [0.2, 0.25) is 0 Å². The van der Waals surface area contributed by atoms with Gasteiger partial charge in [0.05, 0.1) is 0 Å². The normalized spacial score (nSPS) is 12.1. The molecule has 3 aromatic rings. The highest BCUT2D eigenvalue weighted by Crippen LogP contribution is 2.33. The number of aryl methyl sites for hydroxylation is 3. The molecule has 1 aliphatic carbocycles. The van der Waals surface area contributed by atoms with E-state index < -0.39 is 0 Å². The van der Waals surface area contributed by atoms with Gasteiger partial charge in [0.1, 0.15) is 0 Å². The summed E-state index contributed by atoms with van der Waals surface area (Å²) in [4.78, 5) is 0. The Kier molecular flexibility index (Phi) is 13.7. The second-order valence-corrected chi connectivity index (χ2v) is 13.6. The maximum atomic E-state index is 4.16. The Balaban J connectivity index is 0.000000273. The molecule has 39 heavy (non-hydrogen) atoms. The first-order valence-electron chi connectivity index (χ1n) is 14.6. The number of hydrogen-bond acceptors (Lipinski definition) is 0. The Morgan fingerprint density at radius 2 is 1.23 bits per heavy atom. The van der Waals surface area contributed by atoms with Crippen molar-refractivity contribution in [3.8, 4) is 0 Å². The minimum atomic E-state index is 0.159. The molecule has 0 unspecified atom stereocenters. The Morgan fingerprint density at radius 1 is 0.744 bits per heavy atom. The molecule has 0 nitrogen and oxygen atoms in total. The SMILES string of the molecule is C=C(c1ccccc1C)C(C)(C)C.CC(C)(C)C.CC(C)C1=Cc2ccccc2C1.CCc1ccccc1C. The molecule has 0 amide bonds. The fourth-order valence-electron chi connectivity index (χ4n) is 4.00. The van der Waals surface area contributed by atoms with Crippen molar-refractivity contribution in [1.82, 2.24) is 0 Å². The van der Waals surface area contributed by atoms with Crippen LogP contribution >= 0.6 is 0 Å². The van der Waals surface area contributed by atoms with Crippen molar-refractivity contribution in [3.63, 3.8) is 0 Å². The molecule has 4 rings (SSSR count). The van der Waals surface area contributed by atoms with Gasteiger partial charge in [-0.25, -0.2) is 0 Å². The fraction of sp³-hybridized carbons (Fsp3) is 0.436. The molecule has 0 heteroatoms. The summed E-state index contributed by atoms with van der Waals surface area (Å²) in [5.41, 5.74) is 11.8. The van der Waals surface area contributed by atoms with E-state index in [0.29, 0.717) is 11.3 Å². The van der Waals surface area contributed by atoms with Gasteiger partial charge in [-0.15, -0.1) is 0 Å². The largest absolute Gasteiger partial charge is 0.0947 e. The highest BCUT2D eigenvalue weighted by atomic mass is 14.2. The first-order chi connectivity index (χ1) is 18.0. The van der Waals surface area contributed by atoms with Crippen LogP contribution in [0.1, 0.15) is 103 Å². The monoisotopic (exact) mass is 524 g/mol. The standard InChI is InChI=1S/C13H18.C12H14.C9H12.C5H12/c1-10-8-6-7-9-12(10)11(2)13(3,4)5;1-9(2)12-7-10-5-3-4-6-11(10)8-12;1-3-9-7-5-4-6-8(9)2;1-5(2,3)4/h6-9H,2H2,1,3-5H3;3-7,9H,8H2,1-2H3;4-7H,3H2,1-2H3;1-4H3. The van der Waals surface area contributed by atoms with Crippen LogP contribution < -0.4 is 0 Å². The van der Waals surface area contributed by atoms with Gasteiger partial charge in [0, 0.05) is 0 Å². The lowest BCUT2D eigenvalue weighted by atomic mass is 9.82. The molecule has 0 radical (unpaired) electrons. The quantitative estimate of drug-likeness (QED) is 0.319. The fourth-order valence-corrected chi connectivity index (χ4v) is 4.00. The van der Waals surface area contributed by atoms with E-state index in [0.717, 1.165) is 12.8 Å². The van der Waals surface area contributed by atoms with Crippen molar-refractivity contribution < 1.29 is 0 Å². The zero-order valence-corrected chi connectivity index (χ0v) is 27.2. The summed E-state index contributed by atoms with van der Waals surface area (Å²) in [6.45, 7) is 30.5. The van der Waals surface area contributed by atoms with Crippen LogP contribution in [0.3, 0.4) is 0 Å². The third-order valence-corrected chi connectivity index (χ3v) is 6.55. The zero-order chi connectivity index (χ0) is 29.8. The van der Waals surface area contributed by atoms with E-state index in [9.17, 15) is 0 Å². The van der Waals surface area contributed by atoms with Crippen molar-refractivity contribution in [2.24, 2.45) is 16.7 Å². The van der Waals surface area contributed by atoms with Gasteiger partial charge in [0.15, 0.2) is 0 Å². The Morgan fingerprint density at radius 3 is 1.67 bits per heavy atom. The summed E-state index contributed by atoms with van der Waals surface area (Å²) in [6, 6.07) is 25.6. The van der Waals surface area contributed by atoms with Gasteiger partial charge in [0.25, 0.3) is 0 Å². The predicted molar refractivity (Wildman–Crippen MR) is 178 cm³/mol. The van der Waals surface area contributed by atoms with E-state index in [1.807, 2.05) is 0 Å². The Hall–Kier alpha value is -2.86. The maximum absolute atomic E-state index is 4.16. The average molecular weight is 525 g/mol. The molecule has 0 spiro atoms. The Labute approximate surface area is 242 Å². The topological polar surface area (TPSA) is 0 Å². The molecule has 0 bridgehead atoms. The van der Waals surface area contributed by atoms with Crippen LogP contribution in [0, 0.1) is 30.6 Å². The predicted octanol–water partition coefficient (Wildman–Crippen LogP) is 11.9. The number of rotatable bonds is 3. The van der Waals surface area contributed by atoms with E-state index >= 15 is 0 Å². The van der Waals surface area contributed by atoms with Crippen LogP contribution in [0.4, 0.5) is 0 Å². The van der Waals surface area contributed by atoms with Crippen LogP contribution in [0.15, 0.2) is 84.9 Å². The van der Waals surface area contributed by atoms with Crippen LogP contribution in [0.5, 0.6) is 0 Å². The van der Waals surface area contributed by atoms with Crippen molar-refractivity contribution in [1.29, 1.82) is 0 Å². The Bertz CT molecular complexity index is 1180. The molecule has 1 aliphatic rings. The molecule has 212 valence electrons. The summed E-state index contributed by atoms with van der Waals surface area (Å²) in [5.74, 6) is 0.692. The first kappa shape index (κ1) is 34.2. The number of fused-ring (bicyclic) bond motifs is 1. The van der Waals surface area contributed by atoms with Crippen LogP contribution in [0.2, 0.25) is 0 Å². The zero-order valence-electron chi connectivity index (χ0n) is 27.2. The van der Waals surface area contributed by atoms with Gasteiger partial charge < -0.3 is 0 Å². The van der Waals surface area contributed by atoms with Crippen molar-refractivity contribution in [3.05, 3.63) is 118 Å². The molecule has 0 saturated heterocycles. The second-order valence-electron chi connectivity index (χ2n) is 13.6. The molecule has 0 atom stereocenters. The minimum Gasteiger partial charge on any atom is -0.0947 e. The molecule has 0 fully saturated rings. The average Bonchev–Trinajstić information content (AvgIpc) is 3.28. The molecule has 3 aromatic carbocycles. The lowest BCUT2D eigenvalue weighted by molar-refractivity contribution is 0.469.